The van der Waals surface area contributed by atoms with Crippen LogP contribution in [-0.4, -0.2) is 55.2 Å². The summed E-state index contributed by atoms with van der Waals surface area (Å²) < 4.78 is 4.88. The lowest BCUT2D eigenvalue weighted by Gasteiger charge is -2.41. The van der Waals surface area contributed by atoms with Gasteiger partial charge in [0.05, 0.1) is 6.61 Å². The Morgan fingerprint density at radius 3 is 2.44 bits per heavy atom. The number of nitrogens with one attached hydrogen (secondary N) is 1. The molecule has 0 aromatic carbocycles. The van der Waals surface area contributed by atoms with E-state index >= 15 is 0 Å². The Balaban J connectivity index is 2.33. The highest BCUT2D eigenvalue weighted by atomic mass is 16.5. The molecule has 5 nitrogen and oxygen atoms in total. The van der Waals surface area contributed by atoms with Crippen molar-refractivity contribution in [1.82, 2.24) is 10.2 Å². The number of nitrogens with two attached hydrogens (primary N) is 1. The smallest absolute Gasteiger partial charge is 0.239 e. The van der Waals surface area contributed by atoms with Crippen molar-refractivity contribution in [2.45, 2.75) is 51.2 Å². The number of ether oxygens (including phenoxy) is 1. The van der Waals surface area contributed by atoms with Gasteiger partial charge in [-0.15, -0.1) is 0 Å². The van der Waals surface area contributed by atoms with E-state index in [1.165, 1.54) is 0 Å². The molecule has 1 aliphatic rings. The topological polar surface area (TPSA) is 67.6 Å². The minimum Gasteiger partial charge on any atom is -0.383 e. The summed E-state index contributed by atoms with van der Waals surface area (Å²) in [7, 11) is 1.55. The van der Waals surface area contributed by atoms with Gasteiger partial charge in [0.15, 0.2) is 0 Å². The average molecular weight is 257 g/mol. The van der Waals surface area contributed by atoms with Gasteiger partial charge in [-0.25, -0.2) is 0 Å². The molecule has 0 aromatic heterocycles. The lowest BCUT2D eigenvalue weighted by molar-refractivity contribution is -0.124. The molecule has 1 rings (SSSR count). The van der Waals surface area contributed by atoms with Gasteiger partial charge in [-0.1, -0.05) is 0 Å². The molecule has 1 amide bonds. The molecule has 3 N–H and O–H groups in total. The number of likely N-dealkylation sites (tertiary alicyclic amines) is 1. The van der Waals surface area contributed by atoms with E-state index in [0.29, 0.717) is 0 Å². The fraction of sp³-hybridized carbons (Fsp3) is 0.923. The van der Waals surface area contributed by atoms with E-state index in [4.69, 9.17) is 10.5 Å². The van der Waals surface area contributed by atoms with E-state index < -0.39 is 6.04 Å². The van der Waals surface area contributed by atoms with E-state index in [2.05, 4.69) is 31.0 Å². The van der Waals surface area contributed by atoms with Crippen molar-refractivity contribution < 1.29 is 9.53 Å². The number of piperidine rings is 1. The van der Waals surface area contributed by atoms with E-state index in [-0.39, 0.29) is 24.1 Å². The van der Waals surface area contributed by atoms with Gasteiger partial charge < -0.3 is 15.8 Å². The van der Waals surface area contributed by atoms with Gasteiger partial charge in [0.1, 0.15) is 6.04 Å². The molecular formula is C13H27N3O2. The summed E-state index contributed by atoms with van der Waals surface area (Å²) in [6.45, 7) is 8.98. The Morgan fingerprint density at radius 2 is 2.00 bits per heavy atom. The first-order valence-electron chi connectivity index (χ1n) is 6.64. The van der Waals surface area contributed by atoms with E-state index in [0.717, 1.165) is 25.9 Å². The first-order chi connectivity index (χ1) is 8.34. The molecule has 1 aliphatic heterocycles. The van der Waals surface area contributed by atoms with Crippen molar-refractivity contribution in [3.05, 3.63) is 0 Å². The third kappa shape index (κ3) is 4.55. The Hall–Kier alpha value is -0.650. The van der Waals surface area contributed by atoms with Crippen LogP contribution in [0.3, 0.4) is 0 Å². The number of hydrogen-bond acceptors (Lipinski definition) is 4. The molecule has 0 aliphatic carbocycles. The number of rotatable bonds is 4. The molecule has 0 spiro atoms. The van der Waals surface area contributed by atoms with Crippen LogP contribution in [0.5, 0.6) is 0 Å². The van der Waals surface area contributed by atoms with Crippen LogP contribution in [0.4, 0.5) is 0 Å². The van der Waals surface area contributed by atoms with Gasteiger partial charge in [0.25, 0.3) is 0 Å². The lowest BCUT2D eigenvalue weighted by atomic mass is 9.98. The average Bonchev–Trinajstić information content (AvgIpc) is 2.28. The number of methoxy groups -OCH3 is 1. The second kappa shape index (κ2) is 6.50. The summed E-state index contributed by atoms with van der Waals surface area (Å²) in [5.74, 6) is -0.106. The highest BCUT2D eigenvalue weighted by molar-refractivity contribution is 5.81. The molecule has 1 unspecified atom stereocenters. The first kappa shape index (κ1) is 15.4. The molecule has 106 valence electrons. The number of amides is 1. The SMILES string of the molecule is COCC(N)C(=O)NC1CCN(C(C)(C)C)CC1. The molecule has 5 heteroatoms. The molecule has 1 heterocycles. The maximum atomic E-state index is 11.7. The zero-order valence-corrected chi connectivity index (χ0v) is 12.0. The highest BCUT2D eigenvalue weighted by Crippen LogP contribution is 2.19. The molecule has 0 saturated carbocycles. The third-order valence-electron chi connectivity index (χ3n) is 3.47. The van der Waals surface area contributed by atoms with Crippen LogP contribution in [0.2, 0.25) is 0 Å². The quantitative estimate of drug-likeness (QED) is 0.762. The van der Waals surface area contributed by atoms with Gasteiger partial charge >= 0.3 is 0 Å². The van der Waals surface area contributed by atoms with Gasteiger partial charge in [-0.05, 0) is 33.6 Å². The van der Waals surface area contributed by atoms with Crippen LogP contribution in [0.1, 0.15) is 33.6 Å². The Morgan fingerprint density at radius 1 is 1.44 bits per heavy atom. The predicted molar refractivity (Wildman–Crippen MR) is 72.3 cm³/mol. The van der Waals surface area contributed by atoms with Crippen LogP contribution in [-0.2, 0) is 9.53 Å². The van der Waals surface area contributed by atoms with Crippen molar-refractivity contribution in [3.8, 4) is 0 Å². The predicted octanol–water partition coefficient (Wildman–Crippen LogP) is 0.339. The van der Waals surface area contributed by atoms with E-state index in [1.54, 1.807) is 7.11 Å². The van der Waals surface area contributed by atoms with Crippen molar-refractivity contribution >= 4 is 5.91 Å². The van der Waals surface area contributed by atoms with Crippen molar-refractivity contribution in [1.29, 1.82) is 0 Å². The fourth-order valence-electron chi connectivity index (χ4n) is 2.26. The van der Waals surface area contributed by atoms with E-state index in [9.17, 15) is 4.79 Å². The number of carbonyl (C=O) groups excluding carboxylic acids is 1. The normalized spacial score (nSPS) is 20.7. The summed E-state index contributed by atoms with van der Waals surface area (Å²) in [5.41, 5.74) is 5.90. The van der Waals surface area contributed by atoms with Crippen LogP contribution >= 0.6 is 0 Å². The van der Waals surface area contributed by atoms with Crippen LogP contribution in [0, 0.1) is 0 Å². The molecular weight excluding hydrogens is 230 g/mol. The summed E-state index contributed by atoms with van der Waals surface area (Å²) in [6, 6.07) is -0.311. The van der Waals surface area contributed by atoms with Crippen LogP contribution in [0.15, 0.2) is 0 Å². The third-order valence-corrected chi connectivity index (χ3v) is 3.47. The fourth-order valence-corrected chi connectivity index (χ4v) is 2.26. The van der Waals surface area contributed by atoms with Crippen molar-refractivity contribution in [3.63, 3.8) is 0 Å². The van der Waals surface area contributed by atoms with Gasteiger partial charge in [0.2, 0.25) is 5.91 Å². The molecule has 0 radical (unpaired) electrons. The van der Waals surface area contributed by atoms with Gasteiger partial charge in [-0.3, -0.25) is 9.69 Å². The second-order valence-corrected chi connectivity index (χ2v) is 6.00. The van der Waals surface area contributed by atoms with Gasteiger partial charge in [-0.2, -0.15) is 0 Å². The van der Waals surface area contributed by atoms with Crippen molar-refractivity contribution in [2.75, 3.05) is 26.8 Å². The Labute approximate surface area is 110 Å². The molecule has 0 bridgehead atoms. The first-order valence-corrected chi connectivity index (χ1v) is 6.64. The van der Waals surface area contributed by atoms with Gasteiger partial charge in [0, 0.05) is 31.8 Å². The van der Waals surface area contributed by atoms with Crippen LogP contribution in [0.25, 0.3) is 0 Å². The number of carbonyl (C=O) groups is 1. The molecule has 18 heavy (non-hydrogen) atoms. The minimum atomic E-state index is -0.560. The molecule has 1 atom stereocenters. The van der Waals surface area contributed by atoms with Crippen molar-refractivity contribution in [2.24, 2.45) is 5.73 Å². The standard InChI is InChI=1S/C13H27N3O2/c1-13(2,3)16-7-5-10(6-8-16)15-12(17)11(14)9-18-4/h10-11H,5-9,14H2,1-4H3,(H,15,17). The van der Waals surface area contributed by atoms with E-state index in [1.807, 2.05) is 0 Å². The number of hydrogen-bond donors (Lipinski definition) is 2. The number of nitrogens with zero attached hydrogens (tertiary/aromatic N) is 1. The maximum absolute atomic E-state index is 11.7. The molecule has 1 saturated heterocycles. The largest absolute Gasteiger partial charge is 0.383 e. The maximum Gasteiger partial charge on any atom is 0.239 e. The lowest BCUT2D eigenvalue weighted by Crippen LogP contribution is -2.53. The summed E-state index contributed by atoms with van der Waals surface area (Å²) in [5, 5.41) is 3.00. The summed E-state index contributed by atoms with van der Waals surface area (Å²) in [6.07, 6.45) is 1.98. The monoisotopic (exact) mass is 257 g/mol. The minimum absolute atomic E-state index is 0.106. The summed E-state index contributed by atoms with van der Waals surface area (Å²) in [4.78, 5) is 14.2. The highest BCUT2D eigenvalue weighted by Gasteiger charge is 2.28. The Kier molecular flexibility index (Phi) is 5.56. The molecule has 1 fully saturated rings. The van der Waals surface area contributed by atoms with Crippen LogP contribution < -0.4 is 11.1 Å². The zero-order valence-electron chi connectivity index (χ0n) is 12.0. The molecule has 0 aromatic rings. The summed E-state index contributed by atoms with van der Waals surface area (Å²) >= 11 is 0. The Bertz CT molecular complexity index is 268. The second-order valence-electron chi connectivity index (χ2n) is 6.00. The zero-order chi connectivity index (χ0) is 13.8.